The zero-order valence-corrected chi connectivity index (χ0v) is 9.42. The highest BCUT2D eigenvalue weighted by molar-refractivity contribution is 5.73. The van der Waals surface area contributed by atoms with E-state index in [1.54, 1.807) is 7.11 Å². The number of aliphatic hydroxyl groups is 1. The molecule has 0 aromatic heterocycles. The van der Waals surface area contributed by atoms with Gasteiger partial charge in [-0.2, -0.15) is 0 Å². The minimum Gasteiger partial charge on any atom is -0.461 e. The molecule has 0 spiro atoms. The molecular weight excluding hydrogens is 208 g/mol. The molecule has 2 atom stereocenters. The van der Waals surface area contributed by atoms with Crippen LogP contribution in [0.5, 0.6) is 0 Å². The first-order chi connectivity index (χ1) is 7.65. The van der Waals surface area contributed by atoms with Gasteiger partial charge in [-0.05, 0) is 12.5 Å². The molecule has 0 heterocycles. The Balaban J connectivity index is 2.54. The van der Waals surface area contributed by atoms with E-state index >= 15 is 0 Å². The predicted molar refractivity (Wildman–Crippen MR) is 58.8 cm³/mol. The van der Waals surface area contributed by atoms with Crippen LogP contribution in [0.3, 0.4) is 0 Å². The smallest absolute Gasteiger partial charge is 0.334 e. The van der Waals surface area contributed by atoms with Crippen LogP contribution in [0, 0.1) is 0 Å². The molecule has 0 saturated carbocycles. The fourth-order valence-electron chi connectivity index (χ4n) is 1.25. The molecule has 1 aromatic carbocycles. The van der Waals surface area contributed by atoms with E-state index in [0.29, 0.717) is 0 Å². The average Bonchev–Trinajstić information content (AvgIpc) is 2.30. The Labute approximate surface area is 94.8 Å². The third-order valence-electron chi connectivity index (χ3n) is 2.17. The van der Waals surface area contributed by atoms with E-state index in [1.165, 1.54) is 6.92 Å². The fraction of sp³-hybridized carbons (Fsp3) is 0.417. The van der Waals surface area contributed by atoms with Crippen LogP contribution in [0.2, 0.25) is 0 Å². The Morgan fingerprint density at radius 2 is 2.00 bits per heavy atom. The molecule has 0 amide bonds. The van der Waals surface area contributed by atoms with E-state index in [1.807, 2.05) is 30.3 Å². The van der Waals surface area contributed by atoms with Gasteiger partial charge in [-0.15, -0.1) is 0 Å². The number of carbonyl (C=O) groups is 1. The van der Waals surface area contributed by atoms with Crippen molar-refractivity contribution in [3.63, 3.8) is 0 Å². The van der Waals surface area contributed by atoms with Crippen molar-refractivity contribution in [2.24, 2.45) is 0 Å². The summed E-state index contributed by atoms with van der Waals surface area (Å²) in [7, 11) is 1.55. The summed E-state index contributed by atoms with van der Waals surface area (Å²) in [6, 6.07) is 9.46. The lowest BCUT2D eigenvalue weighted by molar-refractivity contribution is -0.156. The van der Waals surface area contributed by atoms with Gasteiger partial charge in [-0.3, -0.25) is 0 Å². The van der Waals surface area contributed by atoms with E-state index in [4.69, 9.17) is 14.6 Å². The van der Waals surface area contributed by atoms with Crippen molar-refractivity contribution in [3.05, 3.63) is 35.9 Å². The Hall–Kier alpha value is -1.39. The second kappa shape index (κ2) is 6.25. The lowest BCUT2D eigenvalue weighted by Gasteiger charge is -2.16. The topological polar surface area (TPSA) is 55.8 Å². The van der Waals surface area contributed by atoms with E-state index in [0.717, 1.165) is 5.56 Å². The number of rotatable bonds is 5. The first kappa shape index (κ1) is 12.7. The molecule has 0 aliphatic carbocycles. The largest absolute Gasteiger partial charge is 0.461 e. The summed E-state index contributed by atoms with van der Waals surface area (Å²) in [5.74, 6) is -0.641. The SMILES string of the molecule is COC(COC(=O)C(C)O)c1ccccc1. The molecule has 0 fully saturated rings. The minimum absolute atomic E-state index is 0.101. The van der Waals surface area contributed by atoms with Gasteiger partial charge >= 0.3 is 5.97 Å². The third kappa shape index (κ3) is 3.64. The zero-order chi connectivity index (χ0) is 12.0. The number of carbonyl (C=O) groups excluding carboxylic acids is 1. The Morgan fingerprint density at radius 3 is 2.50 bits per heavy atom. The molecule has 0 saturated heterocycles. The van der Waals surface area contributed by atoms with E-state index in [2.05, 4.69) is 0 Å². The minimum atomic E-state index is -1.10. The van der Waals surface area contributed by atoms with Crippen molar-refractivity contribution in [1.82, 2.24) is 0 Å². The zero-order valence-electron chi connectivity index (χ0n) is 9.42. The van der Waals surface area contributed by atoms with Gasteiger partial charge in [0, 0.05) is 7.11 Å². The van der Waals surface area contributed by atoms with Crippen LogP contribution in [0.25, 0.3) is 0 Å². The van der Waals surface area contributed by atoms with E-state index < -0.39 is 12.1 Å². The molecule has 1 rings (SSSR count). The van der Waals surface area contributed by atoms with Crippen LogP contribution in [-0.2, 0) is 14.3 Å². The van der Waals surface area contributed by atoms with Gasteiger partial charge < -0.3 is 14.6 Å². The van der Waals surface area contributed by atoms with Crippen LogP contribution in [0.15, 0.2) is 30.3 Å². The molecule has 0 aliphatic heterocycles. The normalized spacial score (nSPS) is 14.2. The Morgan fingerprint density at radius 1 is 1.38 bits per heavy atom. The molecule has 4 nitrogen and oxygen atoms in total. The predicted octanol–water partition coefficient (Wildman–Crippen LogP) is 1.30. The molecule has 0 aliphatic rings. The van der Waals surface area contributed by atoms with Gasteiger partial charge in [0.25, 0.3) is 0 Å². The fourth-order valence-corrected chi connectivity index (χ4v) is 1.25. The number of esters is 1. The molecule has 4 heteroatoms. The first-order valence-corrected chi connectivity index (χ1v) is 5.07. The average molecular weight is 224 g/mol. The maximum Gasteiger partial charge on any atom is 0.334 e. The van der Waals surface area contributed by atoms with Crippen LogP contribution in [0.4, 0.5) is 0 Å². The summed E-state index contributed by atoms with van der Waals surface area (Å²) >= 11 is 0. The highest BCUT2D eigenvalue weighted by atomic mass is 16.6. The summed E-state index contributed by atoms with van der Waals surface area (Å²) in [6.07, 6.45) is -1.41. The van der Waals surface area contributed by atoms with Crippen LogP contribution >= 0.6 is 0 Å². The van der Waals surface area contributed by atoms with Gasteiger partial charge in [0.05, 0.1) is 0 Å². The van der Waals surface area contributed by atoms with Crippen molar-refractivity contribution in [2.75, 3.05) is 13.7 Å². The lowest BCUT2D eigenvalue weighted by Crippen LogP contribution is -2.22. The Kier molecular flexibility index (Phi) is 4.95. The standard InChI is InChI=1S/C12H16O4/c1-9(13)12(14)16-8-11(15-2)10-6-4-3-5-7-10/h3-7,9,11,13H,8H2,1-2H3. The number of benzene rings is 1. The van der Waals surface area contributed by atoms with Crippen LogP contribution in [-0.4, -0.2) is 30.9 Å². The van der Waals surface area contributed by atoms with E-state index in [-0.39, 0.29) is 12.7 Å². The molecule has 16 heavy (non-hydrogen) atoms. The van der Waals surface area contributed by atoms with Gasteiger partial charge in [-0.25, -0.2) is 4.79 Å². The van der Waals surface area contributed by atoms with Crippen LogP contribution < -0.4 is 0 Å². The number of aliphatic hydroxyl groups excluding tert-OH is 1. The summed E-state index contributed by atoms with van der Waals surface area (Å²) in [4.78, 5) is 11.1. The molecule has 0 radical (unpaired) electrons. The maximum atomic E-state index is 11.1. The molecule has 0 bridgehead atoms. The molecular formula is C12H16O4. The third-order valence-corrected chi connectivity index (χ3v) is 2.17. The highest BCUT2D eigenvalue weighted by Crippen LogP contribution is 2.16. The summed E-state index contributed by atoms with van der Waals surface area (Å²) in [6.45, 7) is 1.47. The number of hydrogen-bond acceptors (Lipinski definition) is 4. The van der Waals surface area contributed by atoms with E-state index in [9.17, 15) is 4.79 Å². The van der Waals surface area contributed by atoms with Crippen molar-refractivity contribution in [2.45, 2.75) is 19.1 Å². The second-order valence-electron chi connectivity index (χ2n) is 3.44. The first-order valence-electron chi connectivity index (χ1n) is 5.07. The molecule has 1 aromatic rings. The van der Waals surface area contributed by atoms with Crippen LogP contribution in [0.1, 0.15) is 18.6 Å². The molecule has 88 valence electrons. The van der Waals surface area contributed by atoms with Gasteiger partial charge in [-0.1, -0.05) is 30.3 Å². The summed E-state index contributed by atoms with van der Waals surface area (Å²) in [5.41, 5.74) is 0.934. The highest BCUT2D eigenvalue weighted by Gasteiger charge is 2.15. The quantitative estimate of drug-likeness (QED) is 0.766. The number of hydrogen-bond donors (Lipinski definition) is 1. The maximum absolute atomic E-state index is 11.1. The van der Waals surface area contributed by atoms with Crippen molar-refractivity contribution in [1.29, 1.82) is 0 Å². The number of methoxy groups -OCH3 is 1. The summed E-state index contributed by atoms with van der Waals surface area (Å²) in [5, 5.41) is 8.96. The number of ether oxygens (including phenoxy) is 2. The van der Waals surface area contributed by atoms with Crippen molar-refractivity contribution < 1.29 is 19.4 Å². The molecule has 1 N–H and O–H groups in total. The second-order valence-corrected chi connectivity index (χ2v) is 3.44. The van der Waals surface area contributed by atoms with Crippen molar-refractivity contribution in [3.8, 4) is 0 Å². The van der Waals surface area contributed by atoms with Crippen molar-refractivity contribution >= 4 is 5.97 Å². The monoisotopic (exact) mass is 224 g/mol. The van der Waals surface area contributed by atoms with Gasteiger partial charge in [0.1, 0.15) is 18.8 Å². The Bertz CT molecular complexity index is 321. The van der Waals surface area contributed by atoms with Gasteiger partial charge in [0.2, 0.25) is 0 Å². The van der Waals surface area contributed by atoms with Gasteiger partial charge in [0.15, 0.2) is 0 Å². The summed E-state index contributed by atoms with van der Waals surface area (Å²) < 4.78 is 10.1. The molecule has 2 unspecified atom stereocenters. The lowest BCUT2D eigenvalue weighted by atomic mass is 10.1.